The molecular weight excluding hydrogens is 300 g/mol. The highest BCUT2D eigenvalue weighted by molar-refractivity contribution is 5.91. The third kappa shape index (κ3) is 2.78. The van der Waals surface area contributed by atoms with E-state index in [2.05, 4.69) is 24.3 Å². The lowest BCUT2D eigenvalue weighted by Crippen LogP contribution is -2.13. The predicted molar refractivity (Wildman–Crippen MR) is 94.2 cm³/mol. The van der Waals surface area contributed by atoms with E-state index >= 15 is 0 Å². The Labute approximate surface area is 141 Å². The fraction of sp³-hybridized carbons (Fsp3) is 0.350. The number of hydrogen-bond acceptors (Lipinski definition) is 3. The number of nitrogens with zero attached hydrogens (tertiary/aromatic N) is 2. The molecule has 2 aromatic carbocycles. The van der Waals surface area contributed by atoms with Gasteiger partial charge in [0.2, 0.25) is 0 Å². The maximum atomic E-state index is 9.83. The maximum Gasteiger partial charge on any atom is 0.145 e. The van der Waals surface area contributed by atoms with E-state index in [1.54, 1.807) is 6.92 Å². The van der Waals surface area contributed by atoms with Crippen molar-refractivity contribution in [3.63, 3.8) is 0 Å². The van der Waals surface area contributed by atoms with Crippen LogP contribution in [0.5, 0.6) is 5.75 Å². The van der Waals surface area contributed by atoms with E-state index in [0.717, 1.165) is 41.8 Å². The number of aliphatic hydroxyl groups excluding tert-OH is 1. The Morgan fingerprint density at radius 1 is 1.17 bits per heavy atom. The van der Waals surface area contributed by atoms with Gasteiger partial charge in [0.1, 0.15) is 17.9 Å². The van der Waals surface area contributed by atoms with Crippen molar-refractivity contribution in [2.45, 2.75) is 45.4 Å². The van der Waals surface area contributed by atoms with Crippen LogP contribution in [-0.2, 0) is 26.0 Å². The SMILES string of the molecule is CC(O)Cn1nc2c3c(ccc(OCc4ccccc4)c31)CCC2. The van der Waals surface area contributed by atoms with Gasteiger partial charge in [0, 0.05) is 5.39 Å². The first-order valence-corrected chi connectivity index (χ1v) is 8.58. The molecule has 0 saturated carbocycles. The lowest BCUT2D eigenvalue weighted by molar-refractivity contribution is 0.169. The average molecular weight is 322 g/mol. The number of aromatic nitrogens is 2. The van der Waals surface area contributed by atoms with Crippen molar-refractivity contribution in [2.75, 3.05) is 0 Å². The highest BCUT2D eigenvalue weighted by Gasteiger charge is 2.22. The van der Waals surface area contributed by atoms with Crippen LogP contribution in [0.25, 0.3) is 10.9 Å². The molecule has 4 rings (SSSR count). The minimum absolute atomic E-state index is 0.438. The molecule has 1 unspecified atom stereocenters. The zero-order chi connectivity index (χ0) is 16.5. The van der Waals surface area contributed by atoms with Crippen LogP contribution in [0.2, 0.25) is 0 Å². The minimum atomic E-state index is -0.438. The summed E-state index contributed by atoms with van der Waals surface area (Å²) in [5.74, 6) is 0.846. The Morgan fingerprint density at radius 3 is 2.79 bits per heavy atom. The number of hydrogen-bond donors (Lipinski definition) is 1. The van der Waals surface area contributed by atoms with E-state index in [1.165, 1.54) is 10.9 Å². The second-order valence-corrected chi connectivity index (χ2v) is 6.55. The fourth-order valence-electron chi connectivity index (χ4n) is 3.50. The van der Waals surface area contributed by atoms with Crippen LogP contribution in [0.3, 0.4) is 0 Å². The standard InChI is InChI=1S/C20H22N2O2/c1-14(23)12-22-20-18(24-13-15-6-3-2-4-7-15)11-10-16-8-5-9-17(21-22)19(16)20/h2-4,6-7,10-11,14,23H,5,8-9,12-13H2,1H3. The number of benzene rings is 2. The van der Waals surface area contributed by atoms with Crippen molar-refractivity contribution >= 4 is 10.9 Å². The van der Waals surface area contributed by atoms with E-state index in [-0.39, 0.29) is 0 Å². The second kappa shape index (κ2) is 6.29. The van der Waals surface area contributed by atoms with Crippen molar-refractivity contribution in [3.8, 4) is 5.75 Å². The summed E-state index contributed by atoms with van der Waals surface area (Å²) in [6, 6.07) is 14.4. The van der Waals surface area contributed by atoms with Crippen LogP contribution in [0.4, 0.5) is 0 Å². The van der Waals surface area contributed by atoms with Crippen LogP contribution in [-0.4, -0.2) is 21.0 Å². The largest absolute Gasteiger partial charge is 0.487 e. The van der Waals surface area contributed by atoms with E-state index in [1.807, 2.05) is 22.9 Å². The first-order chi connectivity index (χ1) is 11.7. The van der Waals surface area contributed by atoms with Crippen LogP contribution in [0, 0.1) is 0 Å². The second-order valence-electron chi connectivity index (χ2n) is 6.55. The molecule has 1 heterocycles. The van der Waals surface area contributed by atoms with Crippen LogP contribution in [0.1, 0.15) is 30.2 Å². The molecule has 0 aliphatic heterocycles. The summed E-state index contributed by atoms with van der Waals surface area (Å²) >= 11 is 0. The Kier molecular flexibility index (Phi) is 3.98. The van der Waals surface area contributed by atoms with Gasteiger partial charge in [0.05, 0.1) is 18.3 Å². The summed E-state index contributed by atoms with van der Waals surface area (Å²) in [6.07, 6.45) is 2.78. The Morgan fingerprint density at radius 2 is 2.00 bits per heavy atom. The molecule has 1 aliphatic rings. The van der Waals surface area contributed by atoms with Gasteiger partial charge in [0.15, 0.2) is 0 Å². The Bertz CT molecular complexity index is 853. The first-order valence-electron chi connectivity index (χ1n) is 8.58. The van der Waals surface area contributed by atoms with E-state index in [9.17, 15) is 5.11 Å². The van der Waals surface area contributed by atoms with Gasteiger partial charge in [-0.2, -0.15) is 5.10 Å². The molecule has 0 saturated heterocycles. The van der Waals surface area contributed by atoms with Crippen LogP contribution >= 0.6 is 0 Å². The monoisotopic (exact) mass is 322 g/mol. The van der Waals surface area contributed by atoms with Gasteiger partial charge < -0.3 is 9.84 Å². The molecule has 4 nitrogen and oxygen atoms in total. The molecule has 0 bridgehead atoms. The predicted octanol–water partition coefficient (Wildman–Crippen LogP) is 3.48. The molecule has 3 aromatic rings. The molecule has 1 N–H and O–H groups in total. The molecule has 24 heavy (non-hydrogen) atoms. The van der Waals surface area contributed by atoms with Crippen LogP contribution in [0.15, 0.2) is 42.5 Å². The molecule has 0 spiro atoms. The number of aliphatic hydroxyl groups is 1. The molecule has 124 valence electrons. The van der Waals surface area contributed by atoms with Gasteiger partial charge in [-0.1, -0.05) is 36.4 Å². The third-order valence-electron chi connectivity index (χ3n) is 4.55. The van der Waals surface area contributed by atoms with Gasteiger partial charge in [-0.15, -0.1) is 0 Å². The smallest absolute Gasteiger partial charge is 0.145 e. The number of rotatable bonds is 5. The molecule has 4 heteroatoms. The van der Waals surface area contributed by atoms with Crippen LogP contribution < -0.4 is 4.74 Å². The highest BCUT2D eigenvalue weighted by Crippen LogP contribution is 2.35. The van der Waals surface area contributed by atoms with E-state index in [0.29, 0.717) is 13.2 Å². The molecular formula is C20H22N2O2. The molecule has 0 fully saturated rings. The highest BCUT2D eigenvalue weighted by atomic mass is 16.5. The lowest BCUT2D eigenvalue weighted by Gasteiger charge is -2.14. The lowest BCUT2D eigenvalue weighted by atomic mass is 9.94. The zero-order valence-electron chi connectivity index (χ0n) is 13.9. The van der Waals surface area contributed by atoms with E-state index < -0.39 is 6.10 Å². The van der Waals surface area contributed by atoms with Crippen molar-refractivity contribution in [3.05, 3.63) is 59.3 Å². The first kappa shape index (κ1) is 15.2. The fourth-order valence-corrected chi connectivity index (χ4v) is 3.50. The summed E-state index contributed by atoms with van der Waals surface area (Å²) in [7, 11) is 0. The van der Waals surface area contributed by atoms with Gasteiger partial charge in [-0.05, 0) is 43.4 Å². The topological polar surface area (TPSA) is 47.3 Å². The van der Waals surface area contributed by atoms with Crippen molar-refractivity contribution in [2.24, 2.45) is 0 Å². The average Bonchev–Trinajstić information content (AvgIpc) is 2.95. The summed E-state index contributed by atoms with van der Waals surface area (Å²) in [6.45, 7) is 2.81. The minimum Gasteiger partial charge on any atom is -0.487 e. The summed E-state index contributed by atoms with van der Waals surface area (Å²) in [4.78, 5) is 0. The molecule has 1 atom stereocenters. The summed E-state index contributed by atoms with van der Waals surface area (Å²) in [5.41, 5.74) is 4.65. The zero-order valence-corrected chi connectivity index (χ0v) is 13.9. The molecule has 0 amide bonds. The molecule has 0 radical (unpaired) electrons. The van der Waals surface area contributed by atoms with Gasteiger partial charge in [-0.3, -0.25) is 4.68 Å². The molecule has 1 aromatic heterocycles. The number of aryl methyl sites for hydroxylation is 2. The summed E-state index contributed by atoms with van der Waals surface area (Å²) < 4.78 is 8.04. The number of ether oxygens (including phenoxy) is 1. The third-order valence-corrected chi connectivity index (χ3v) is 4.55. The molecule has 1 aliphatic carbocycles. The van der Waals surface area contributed by atoms with E-state index in [4.69, 9.17) is 9.84 Å². The van der Waals surface area contributed by atoms with Gasteiger partial charge in [0.25, 0.3) is 0 Å². The van der Waals surface area contributed by atoms with Crippen molar-refractivity contribution < 1.29 is 9.84 Å². The maximum absolute atomic E-state index is 9.83. The van der Waals surface area contributed by atoms with Gasteiger partial charge >= 0.3 is 0 Å². The van der Waals surface area contributed by atoms with Gasteiger partial charge in [-0.25, -0.2) is 0 Å². The quantitative estimate of drug-likeness (QED) is 0.782. The normalized spacial score (nSPS) is 14.8. The Hall–Kier alpha value is -2.33. The Balaban J connectivity index is 1.75. The summed E-state index contributed by atoms with van der Waals surface area (Å²) in [5, 5.41) is 15.8. The van der Waals surface area contributed by atoms with Crippen molar-refractivity contribution in [1.82, 2.24) is 9.78 Å². The van der Waals surface area contributed by atoms with Crippen molar-refractivity contribution in [1.29, 1.82) is 0 Å².